The average Bonchev–Trinajstić information content (AvgIpc) is 2.37. The molecular weight excluding hydrogens is 236 g/mol. The summed E-state index contributed by atoms with van der Waals surface area (Å²) < 4.78 is 6.01. The molecule has 1 aromatic rings. The second-order valence-corrected chi connectivity index (χ2v) is 11.6. The Balaban J connectivity index is 1.86. The summed E-state index contributed by atoms with van der Waals surface area (Å²) in [6, 6.07) is 9.09. The Kier molecular flexibility index (Phi) is 4.63. The van der Waals surface area contributed by atoms with Gasteiger partial charge in [-0.05, 0) is 18.4 Å². The molecule has 1 fully saturated rings. The van der Waals surface area contributed by atoms with Crippen LogP contribution < -0.4 is 5.19 Å². The lowest BCUT2D eigenvalue weighted by molar-refractivity contribution is 0.0169. The summed E-state index contributed by atoms with van der Waals surface area (Å²) in [7, 11) is -1.15. The van der Waals surface area contributed by atoms with Crippen LogP contribution in [0.1, 0.15) is 37.7 Å². The molecule has 18 heavy (non-hydrogen) atoms. The molecule has 0 N–H and O–H groups in total. The van der Waals surface area contributed by atoms with E-state index in [0.29, 0.717) is 6.10 Å². The summed E-state index contributed by atoms with van der Waals surface area (Å²) in [5.74, 6) is 0. The molecule has 1 aromatic carbocycles. The van der Waals surface area contributed by atoms with Gasteiger partial charge in [-0.25, -0.2) is 0 Å². The van der Waals surface area contributed by atoms with Crippen LogP contribution in [0.15, 0.2) is 24.3 Å². The zero-order chi connectivity index (χ0) is 13.0. The third-order valence-electron chi connectivity index (χ3n) is 3.86. The first-order chi connectivity index (χ1) is 8.55. The zero-order valence-corrected chi connectivity index (χ0v) is 13.0. The molecular formula is C16H26OSi. The monoisotopic (exact) mass is 262 g/mol. The lowest BCUT2D eigenvalue weighted by Crippen LogP contribution is -2.37. The SMILES string of the molecule is C[Si](C)(C)c1ccc(COC2CCCCC2)cc1. The van der Waals surface area contributed by atoms with E-state index in [0.717, 1.165) is 6.61 Å². The van der Waals surface area contributed by atoms with Gasteiger partial charge in [-0.15, -0.1) is 0 Å². The van der Waals surface area contributed by atoms with Crippen LogP contribution in [0.25, 0.3) is 0 Å². The standard InChI is InChI=1S/C16H26OSi/c1-18(2,3)16-11-9-14(10-12-16)13-17-15-7-5-4-6-8-15/h9-12,15H,4-8,13H2,1-3H3. The Bertz CT molecular complexity index is 358. The normalized spacial score (nSPS) is 17.9. The van der Waals surface area contributed by atoms with Crippen molar-refractivity contribution in [1.29, 1.82) is 0 Å². The number of hydrogen-bond donors (Lipinski definition) is 0. The van der Waals surface area contributed by atoms with E-state index in [1.54, 1.807) is 0 Å². The van der Waals surface area contributed by atoms with Gasteiger partial charge in [0.25, 0.3) is 0 Å². The maximum Gasteiger partial charge on any atom is 0.0775 e. The van der Waals surface area contributed by atoms with Crippen molar-refractivity contribution in [3.05, 3.63) is 29.8 Å². The number of hydrogen-bond acceptors (Lipinski definition) is 1. The number of benzene rings is 1. The van der Waals surface area contributed by atoms with E-state index in [4.69, 9.17) is 4.74 Å². The van der Waals surface area contributed by atoms with Crippen LogP contribution in [-0.4, -0.2) is 14.2 Å². The molecule has 0 saturated heterocycles. The van der Waals surface area contributed by atoms with Gasteiger partial charge in [0.2, 0.25) is 0 Å². The van der Waals surface area contributed by atoms with Crippen LogP contribution in [0.5, 0.6) is 0 Å². The van der Waals surface area contributed by atoms with E-state index in [-0.39, 0.29) is 0 Å². The highest BCUT2D eigenvalue weighted by Gasteiger charge is 2.16. The molecule has 1 aliphatic carbocycles. The molecule has 1 nitrogen and oxygen atoms in total. The average molecular weight is 262 g/mol. The summed E-state index contributed by atoms with van der Waals surface area (Å²) >= 11 is 0. The first-order valence-electron chi connectivity index (χ1n) is 7.27. The third kappa shape index (κ3) is 3.96. The van der Waals surface area contributed by atoms with Crippen molar-refractivity contribution in [2.75, 3.05) is 0 Å². The van der Waals surface area contributed by atoms with E-state index in [2.05, 4.69) is 43.9 Å². The van der Waals surface area contributed by atoms with Crippen LogP contribution in [0.3, 0.4) is 0 Å². The third-order valence-corrected chi connectivity index (χ3v) is 5.92. The molecule has 0 aromatic heterocycles. The minimum atomic E-state index is -1.15. The highest BCUT2D eigenvalue weighted by atomic mass is 28.3. The maximum absolute atomic E-state index is 6.01. The highest BCUT2D eigenvalue weighted by Crippen LogP contribution is 2.21. The lowest BCUT2D eigenvalue weighted by Gasteiger charge is -2.22. The molecule has 0 aliphatic heterocycles. The Hall–Kier alpha value is -0.603. The zero-order valence-electron chi connectivity index (χ0n) is 12.0. The Labute approximate surface area is 113 Å². The fourth-order valence-electron chi connectivity index (χ4n) is 2.55. The van der Waals surface area contributed by atoms with Crippen molar-refractivity contribution in [2.45, 2.75) is 64.5 Å². The van der Waals surface area contributed by atoms with Crippen LogP contribution in [0.4, 0.5) is 0 Å². The molecule has 2 rings (SSSR count). The second-order valence-electron chi connectivity index (χ2n) is 6.52. The van der Waals surface area contributed by atoms with Gasteiger partial charge in [0.1, 0.15) is 0 Å². The molecule has 0 unspecified atom stereocenters. The molecule has 0 bridgehead atoms. The first-order valence-corrected chi connectivity index (χ1v) is 10.8. The summed E-state index contributed by atoms with van der Waals surface area (Å²) in [6.45, 7) is 7.96. The van der Waals surface area contributed by atoms with E-state index in [1.807, 2.05) is 0 Å². The molecule has 0 spiro atoms. The summed E-state index contributed by atoms with van der Waals surface area (Å²) in [4.78, 5) is 0. The van der Waals surface area contributed by atoms with Gasteiger partial charge in [-0.2, -0.15) is 0 Å². The summed E-state index contributed by atoms with van der Waals surface area (Å²) in [5, 5.41) is 1.53. The predicted molar refractivity (Wildman–Crippen MR) is 81.1 cm³/mol. The fraction of sp³-hybridized carbons (Fsp3) is 0.625. The summed E-state index contributed by atoms with van der Waals surface area (Å²) in [6.07, 6.45) is 7.11. The van der Waals surface area contributed by atoms with Gasteiger partial charge >= 0.3 is 0 Å². The minimum Gasteiger partial charge on any atom is -0.374 e. The Morgan fingerprint density at radius 2 is 1.61 bits per heavy atom. The Morgan fingerprint density at radius 1 is 1.00 bits per heavy atom. The minimum absolute atomic E-state index is 0.510. The van der Waals surface area contributed by atoms with E-state index in [9.17, 15) is 0 Å². The van der Waals surface area contributed by atoms with Crippen molar-refractivity contribution < 1.29 is 4.74 Å². The molecule has 100 valence electrons. The van der Waals surface area contributed by atoms with Crippen molar-refractivity contribution in [1.82, 2.24) is 0 Å². The van der Waals surface area contributed by atoms with Crippen molar-refractivity contribution in [3.63, 3.8) is 0 Å². The highest BCUT2D eigenvalue weighted by molar-refractivity contribution is 6.88. The number of rotatable bonds is 4. The predicted octanol–water partition coefficient (Wildman–Crippen LogP) is 4.08. The number of ether oxygens (including phenoxy) is 1. The topological polar surface area (TPSA) is 9.23 Å². The maximum atomic E-state index is 6.01. The van der Waals surface area contributed by atoms with E-state index in [1.165, 1.54) is 42.9 Å². The van der Waals surface area contributed by atoms with Gasteiger partial charge in [-0.1, -0.05) is 68.4 Å². The molecule has 1 saturated carbocycles. The van der Waals surface area contributed by atoms with Crippen LogP contribution in [0, 0.1) is 0 Å². The largest absolute Gasteiger partial charge is 0.374 e. The van der Waals surface area contributed by atoms with Gasteiger partial charge in [0.15, 0.2) is 0 Å². The molecule has 0 atom stereocenters. The van der Waals surface area contributed by atoms with Crippen LogP contribution >= 0.6 is 0 Å². The van der Waals surface area contributed by atoms with Crippen molar-refractivity contribution in [3.8, 4) is 0 Å². The molecule has 2 heteroatoms. The second kappa shape index (κ2) is 6.03. The smallest absolute Gasteiger partial charge is 0.0775 e. The summed E-state index contributed by atoms with van der Waals surface area (Å²) in [5.41, 5.74) is 1.32. The van der Waals surface area contributed by atoms with Gasteiger partial charge in [0, 0.05) is 0 Å². The molecule has 0 heterocycles. The van der Waals surface area contributed by atoms with Crippen LogP contribution in [-0.2, 0) is 11.3 Å². The Morgan fingerprint density at radius 3 is 2.17 bits per heavy atom. The molecule has 0 radical (unpaired) electrons. The fourth-order valence-corrected chi connectivity index (χ4v) is 3.71. The van der Waals surface area contributed by atoms with Gasteiger partial charge in [-0.3, -0.25) is 0 Å². The van der Waals surface area contributed by atoms with Crippen molar-refractivity contribution in [2.24, 2.45) is 0 Å². The van der Waals surface area contributed by atoms with Crippen molar-refractivity contribution >= 4 is 13.3 Å². The van der Waals surface area contributed by atoms with Gasteiger partial charge < -0.3 is 4.74 Å². The van der Waals surface area contributed by atoms with E-state index >= 15 is 0 Å². The van der Waals surface area contributed by atoms with E-state index < -0.39 is 8.07 Å². The molecule has 1 aliphatic rings. The van der Waals surface area contributed by atoms with Crippen LogP contribution in [0.2, 0.25) is 19.6 Å². The first kappa shape index (κ1) is 13.8. The van der Waals surface area contributed by atoms with Gasteiger partial charge in [0.05, 0.1) is 20.8 Å². The quantitative estimate of drug-likeness (QED) is 0.743. The lowest BCUT2D eigenvalue weighted by atomic mass is 9.98. The molecule has 0 amide bonds.